The van der Waals surface area contributed by atoms with Gasteiger partial charge >= 0.3 is 0 Å². The number of carbonyl (C=O) groups excluding carboxylic acids is 1. The highest BCUT2D eigenvalue weighted by atomic mass is 16.3. The normalized spacial score (nSPS) is 10.8. The lowest BCUT2D eigenvalue weighted by Gasteiger charge is -2.06. The summed E-state index contributed by atoms with van der Waals surface area (Å²) >= 11 is 0. The first-order valence-electron chi connectivity index (χ1n) is 4.99. The molecule has 78 valence electrons. The lowest BCUT2D eigenvalue weighted by Crippen LogP contribution is -2.24. The molecule has 0 aliphatic rings. The summed E-state index contributed by atoms with van der Waals surface area (Å²) in [5.74, 6) is 0.157. The highest BCUT2D eigenvalue weighted by Gasteiger charge is 2.05. The third kappa shape index (κ3) is 3.75. The predicted octanol–water partition coefficient (Wildman–Crippen LogP) is 2.24. The second kappa shape index (κ2) is 5.60. The smallest absolute Gasteiger partial charge is 0.166 e. The quantitative estimate of drug-likeness (QED) is 0.559. The van der Waals surface area contributed by atoms with Gasteiger partial charge in [0.2, 0.25) is 0 Å². The minimum Gasteiger partial charge on any atom is -0.472 e. The van der Waals surface area contributed by atoms with Crippen LogP contribution in [-0.2, 0) is 0 Å². The Bertz CT molecular complexity index is 265. The minimum atomic E-state index is 0.157. The van der Waals surface area contributed by atoms with Crippen molar-refractivity contribution in [3.63, 3.8) is 0 Å². The standard InChI is InChI=1S/C11H17NO2/c1-9(2)12-6-3-4-11(13)10-5-7-14-8-10/h5,7-9,12H,3-4,6H2,1-2H3. The Morgan fingerprint density at radius 1 is 1.57 bits per heavy atom. The number of furan rings is 1. The number of hydrogen-bond donors (Lipinski definition) is 1. The second-order valence-electron chi connectivity index (χ2n) is 3.65. The molecule has 0 atom stereocenters. The van der Waals surface area contributed by atoms with Crippen molar-refractivity contribution in [1.82, 2.24) is 5.32 Å². The first-order chi connectivity index (χ1) is 6.70. The van der Waals surface area contributed by atoms with Gasteiger partial charge in [-0.15, -0.1) is 0 Å². The summed E-state index contributed by atoms with van der Waals surface area (Å²) in [5, 5.41) is 3.27. The molecule has 1 heterocycles. The van der Waals surface area contributed by atoms with Crippen molar-refractivity contribution >= 4 is 5.78 Å². The van der Waals surface area contributed by atoms with Gasteiger partial charge in [-0.3, -0.25) is 4.79 Å². The van der Waals surface area contributed by atoms with Crippen molar-refractivity contribution in [3.8, 4) is 0 Å². The van der Waals surface area contributed by atoms with Crippen molar-refractivity contribution in [2.24, 2.45) is 0 Å². The maximum atomic E-state index is 11.5. The van der Waals surface area contributed by atoms with Crippen LogP contribution in [0.3, 0.4) is 0 Å². The molecule has 1 aromatic rings. The lowest BCUT2D eigenvalue weighted by molar-refractivity contribution is 0.0979. The van der Waals surface area contributed by atoms with Gasteiger partial charge in [-0.25, -0.2) is 0 Å². The fourth-order valence-corrected chi connectivity index (χ4v) is 1.21. The van der Waals surface area contributed by atoms with Crippen LogP contribution < -0.4 is 5.32 Å². The van der Waals surface area contributed by atoms with Crippen LogP contribution >= 0.6 is 0 Å². The van der Waals surface area contributed by atoms with Gasteiger partial charge < -0.3 is 9.73 Å². The molecule has 0 spiro atoms. The summed E-state index contributed by atoms with van der Waals surface area (Å²) in [6.07, 6.45) is 4.49. The van der Waals surface area contributed by atoms with Crippen LogP contribution in [-0.4, -0.2) is 18.4 Å². The SMILES string of the molecule is CC(C)NCCCC(=O)c1ccoc1. The van der Waals surface area contributed by atoms with Gasteiger partial charge in [0.05, 0.1) is 11.8 Å². The zero-order valence-electron chi connectivity index (χ0n) is 8.75. The van der Waals surface area contributed by atoms with Crippen LogP contribution in [0.4, 0.5) is 0 Å². The maximum Gasteiger partial charge on any atom is 0.166 e. The van der Waals surface area contributed by atoms with E-state index in [1.807, 2.05) is 0 Å². The van der Waals surface area contributed by atoms with E-state index >= 15 is 0 Å². The molecule has 14 heavy (non-hydrogen) atoms. The molecule has 0 unspecified atom stereocenters. The van der Waals surface area contributed by atoms with E-state index in [-0.39, 0.29) is 5.78 Å². The number of carbonyl (C=O) groups is 1. The zero-order valence-corrected chi connectivity index (χ0v) is 8.75. The van der Waals surface area contributed by atoms with Crippen molar-refractivity contribution in [2.75, 3.05) is 6.54 Å². The molecular formula is C11H17NO2. The van der Waals surface area contributed by atoms with Crippen molar-refractivity contribution in [3.05, 3.63) is 24.2 Å². The van der Waals surface area contributed by atoms with Gasteiger partial charge in [0.25, 0.3) is 0 Å². The average molecular weight is 195 g/mol. The van der Waals surface area contributed by atoms with Crippen LogP contribution in [0.15, 0.2) is 23.0 Å². The summed E-state index contributed by atoms with van der Waals surface area (Å²) < 4.78 is 4.84. The van der Waals surface area contributed by atoms with Gasteiger partial charge in [0, 0.05) is 12.5 Å². The summed E-state index contributed by atoms with van der Waals surface area (Å²) in [6, 6.07) is 2.19. The van der Waals surface area contributed by atoms with Gasteiger partial charge in [-0.05, 0) is 19.0 Å². The Balaban J connectivity index is 2.16. The highest BCUT2D eigenvalue weighted by Crippen LogP contribution is 2.05. The van der Waals surface area contributed by atoms with Crippen LogP contribution in [0.25, 0.3) is 0 Å². The van der Waals surface area contributed by atoms with Crippen LogP contribution in [0.2, 0.25) is 0 Å². The van der Waals surface area contributed by atoms with E-state index < -0.39 is 0 Å². The molecule has 0 amide bonds. The summed E-state index contributed by atoms with van der Waals surface area (Å²) in [6.45, 7) is 5.08. The third-order valence-electron chi connectivity index (χ3n) is 1.98. The molecule has 0 saturated carbocycles. The fourth-order valence-electron chi connectivity index (χ4n) is 1.21. The molecule has 0 radical (unpaired) electrons. The first-order valence-corrected chi connectivity index (χ1v) is 4.99. The van der Waals surface area contributed by atoms with E-state index in [1.165, 1.54) is 12.5 Å². The summed E-state index contributed by atoms with van der Waals surface area (Å²) in [7, 11) is 0. The summed E-state index contributed by atoms with van der Waals surface area (Å²) in [4.78, 5) is 11.5. The van der Waals surface area contributed by atoms with Crippen molar-refractivity contribution < 1.29 is 9.21 Å². The highest BCUT2D eigenvalue weighted by molar-refractivity contribution is 5.95. The molecule has 3 nitrogen and oxygen atoms in total. The van der Waals surface area contributed by atoms with E-state index in [2.05, 4.69) is 19.2 Å². The molecule has 0 saturated heterocycles. The Morgan fingerprint density at radius 2 is 2.36 bits per heavy atom. The largest absolute Gasteiger partial charge is 0.472 e. The van der Waals surface area contributed by atoms with Gasteiger partial charge in [-0.2, -0.15) is 0 Å². The second-order valence-corrected chi connectivity index (χ2v) is 3.65. The number of ketones is 1. The molecule has 1 N–H and O–H groups in total. The van der Waals surface area contributed by atoms with Crippen LogP contribution in [0, 0.1) is 0 Å². The zero-order chi connectivity index (χ0) is 10.4. The van der Waals surface area contributed by atoms with Gasteiger partial charge in [0.15, 0.2) is 5.78 Å². The minimum absolute atomic E-state index is 0.157. The Morgan fingerprint density at radius 3 is 2.93 bits per heavy atom. The van der Waals surface area contributed by atoms with Crippen molar-refractivity contribution in [1.29, 1.82) is 0 Å². The fraction of sp³-hybridized carbons (Fsp3) is 0.545. The molecular weight excluding hydrogens is 178 g/mol. The molecule has 0 bridgehead atoms. The molecule has 3 heteroatoms. The maximum absolute atomic E-state index is 11.5. The van der Waals surface area contributed by atoms with Gasteiger partial charge in [0.1, 0.15) is 6.26 Å². The van der Waals surface area contributed by atoms with E-state index in [0.29, 0.717) is 18.0 Å². The Kier molecular flexibility index (Phi) is 4.40. The molecule has 0 aliphatic carbocycles. The Labute approximate surface area is 84.5 Å². The molecule has 0 aromatic carbocycles. The summed E-state index contributed by atoms with van der Waals surface area (Å²) in [5.41, 5.74) is 0.676. The third-order valence-corrected chi connectivity index (χ3v) is 1.98. The number of Topliss-reactive ketones (excluding diaryl/α,β-unsaturated/α-hetero) is 1. The predicted molar refractivity (Wildman–Crippen MR) is 55.4 cm³/mol. The van der Waals surface area contributed by atoms with E-state index in [1.54, 1.807) is 6.07 Å². The van der Waals surface area contributed by atoms with E-state index in [9.17, 15) is 4.79 Å². The molecule has 1 rings (SSSR count). The lowest BCUT2D eigenvalue weighted by atomic mass is 10.1. The Hall–Kier alpha value is -1.09. The molecule has 1 aromatic heterocycles. The van der Waals surface area contributed by atoms with Crippen molar-refractivity contribution in [2.45, 2.75) is 32.7 Å². The van der Waals surface area contributed by atoms with Crippen LogP contribution in [0.5, 0.6) is 0 Å². The number of rotatable bonds is 6. The molecule has 0 aliphatic heterocycles. The number of nitrogens with one attached hydrogen (secondary N) is 1. The van der Waals surface area contributed by atoms with E-state index in [4.69, 9.17) is 4.42 Å². The number of hydrogen-bond acceptors (Lipinski definition) is 3. The van der Waals surface area contributed by atoms with Gasteiger partial charge in [-0.1, -0.05) is 13.8 Å². The molecule has 0 fully saturated rings. The topological polar surface area (TPSA) is 42.2 Å². The monoisotopic (exact) mass is 195 g/mol. The first kappa shape index (κ1) is 11.0. The average Bonchev–Trinajstić information content (AvgIpc) is 2.64. The van der Waals surface area contributed by atoms with E-state index in [0.717, 1.165) is 13.0 Å². The van der Waals surface area contributed by atoms with Crippen LogP contribution in [0.1, 0.15) is 37.0 Å².